The highest BCUT2D eigenvalue weighted by Gasteiger charge is 2.16. The summed E-state index contributed by atoms with van der Waals surface area (Å²) in [6, 6.07) is 8.59. The van der Waals surface area contributed by atoms with Crippen LogP contribution in [-0.4, -0.2) is 90.9 Å². The maximum absolute atomic E-state index is 5.44. The van der Waals surface area contributed by atoms with E-state index in [1.807, 2.05) is 0 Å². The van der Waals surface area contributed by atoms with Gasteiger partial charge in [-0.15, -0.1) is 0 Å². The topological polar surface area (TPSA) is 57.9 Å². The lowest BCUT2D eigenvalue weighted by Crippen LogP contribution is -2.44. The number of piperazine rings is 1. The van der Waals surface area contributed by atoms with E-state index < -0.39 is 0 Å². The number of likely N-dealkylation sites (N-methyl/N-ethyl adjacent to an activating group) is 1. The average Bonchev–Trinajstić information content (AvgIpc) is 3.19. The minimum absolute atomic E-state index is 0.673. The molecule has 7 nitrogen and oxygen atoms in total. The van der Waals surface area contributed by atoms with E-state index in [1.54, 1.807) is 0 Å². The molecule has 1 aromatic carbocycles. The molecule has 3 heterocycles. The summed E-state index contributed by atoms with van der Waals surface area (Å²) in [5.41, 5.74) is 2.38. The molecule has 28 heavy (non-hydrogen) atoms. The van der Waals surface area contributed by atoms with E-state index in [4.69, 9.17) is 9.26 Å². The van der Waals surface area contributed by atoms with Crippen molar-refractivity contribution >= 4 is 0 Å². The third-order valence-corrected chi connectivity index (χ3v) is 5.68. The maximum atomic E-state index is 5.44. The second-order valence-electron chi connectivity index (χ2n) is 7.85. The van der Waals surface area contributed by atoms with E-state index in [0.29, 0.717) is 18.3 Å². The van der Waals surface area contributed by atoms with Gasteiger partial charge in [0.2, 0.25) is 11.7 Å². The van der Waals surface area contributed by atoms with Gasteiger partial charge >= 0.3 is 0 Å². The van der Waals surface area contributed by atoms with Crippen molar-refractivity contribution in [1.82, 2.24) is 24.8 Å². The van der Waals surface area contributed by atoms with Crippen molar-refractivity contribution in [2.24, 2.45) is 0 Å². The second-order valence-corrected chi connectivity index (χ2v) is 7.85. The van der Waals surface area contributed by atoms with E-state index >= 15 is 0 Å². The molecular weight excluding hydrogens is 354 g/mol. The lowest BCUT2D eigenvalue weighted by molar-refractivity contribution is 0.0297. The van der Waals surface area contributed by atoms with Gasteiger partial charge in [0.15, 0.2) is 0 Å². The number of ether oxygens (including phenoxy) is 1. The van der Waals surface area contributed by atoms with Gasteiger partial charge in [0, 0.05) is 44.8 Å². The first-order chi connectivity index (χ1) is 13.8. The summed E-state index contributed by atoms with van der Waals surface area (Å²) in [6.07, 6.45) is 2.32. The van der Waals surface area contributed by atoms with E-state index in [-0.39, 0.29) is 0 Å². The largest absolute Gasteiger partial charge is 0.379 e. The smallest absolute Gasteiger partial charge is 0.241 e. The van der Waals surface area contributed by atoms with Crippen LogP contribution in [0.4, 0.5) is 0 Å². The predicted molar refractivity (Wildman–Crippen MR) is 108 cm³/mol. The van der Waals surface area contributed by atoms with Crippen LogP contribution in [0.25, 0.3) is 11.4 Å². The van der Waals surface area contributed by atoms with Crippen LogP contribution < -0.4 is 0 Å². The van der Waals surface area contributed by atoms with Gasteiger partial charge in [-0.05, 0) is 32.0 Å². The molecule has 2 aromatic rings. The van der Waals surface area contributed by atoms with E-state index in [2.05, 4.69) is 56.2 Å². The number of hydrogen-bond acceptors (Lipinski definition) is 7. The Morgan fingerprint density at radius 3 is 2.43 bits per heavy atom. The summed E-state index contributed by atoms with van der Waals surface area (Å²) in [5, 5.41) is 4.16. The van der Waals surface area contributed by atoms with Crippen molar-refractivity contribution in [3.63, 3.8) is 0 Å². The highest BCUT2D eigenvalue weighted by molar-refractivity contribution is 5.54. The van der Waals surface area contributed by atoms with Crippen LogP contribution in [0.2, 0.25) is 0 Å². The molecule has 2 aliphatic rings. The van der Waals surface area contributed by atoms with E-state index in [1.165, 1.54) is 44.7 Å². The molecule has 2 aliphatic heterocycles. The van der Waals surface area contributed by atoms with Crippen LogP contribution in [0, 0.1) is 0 Å². The molecule has 0 saturated carbocycles. The van der Waals surface area contributed by atoms with Gasteiger partial charge in [-0.2, -0.15) is 4.98 Å². The lowest BCUT2D eigenvalue weighted by Gasteiger charge is -2.32. The Labute approximate surface area is 167 Å². The monoisotopic (exact) mass is 385 g/mol. The van der Waals surface area contributed by atoms with Gasteiger partial charge in [0.1, 0.15) is 0 Å². The zero-order valence-electron chi connectivity index (χ0n) is 16.8. The molecule has 2 fully saturated rings. The molecule has 0 unspecified atom stereocenters. The molecule has 0 bridgehead atoms. The Morgan fingerprint density at radius 1 is 0.929 bits per heavy atom. The molecule has 0 radical (unpaired) electrons. The lowest BCUT2D eigenvalue weighted by atomic mass is 10.1. The Kier molecular flexibility index (Phi) is 6.69. The molecule has 152 valence electrons. The Balaban J connectivity index is 1.25. The number of hydrogen-bond donors (Lipinski definition) is 0. The SMILES string of the molecule is CN1CCN(CCCc2ccc(-c3noc(CN4CCOCC4)n3)cc2)CC1. The molecular formula is C21H31N5O2. The Hall–Kier alpha value is -1.80. The third-order valence-electron chi connectivity index (χ3n) is 5.68. The molecule has 0 atom stereocenters. The van der Waals surface area contributed by atoms with Gasteiger partial charge in [0.05, 0.1) is 19.8 Å². The number of benzene rings is 1. The van der Waals surface area contributed by atoms with Crippen LogP contribution in [0.1, 0.15) is 17.9 Å². The zero-order valence-corrected chi connectivity index (χ0v) is 16.8. The minimum Gasteiger partial charge on any atom is -0.379 e. The summed E-state index contributed by atoms with van der Waals surface area (Å²) < 4.78 is 10.8. The molecule has 0 N–H and O–H groups in total. The molecule has 2 saturated heterocycles. The first-order valence-corrected chi connectivity index (χ1v) is 10.4. The maximum Gasteiger partial charge on any atom is 0.241 e. The number of rotatable bonds is 7. The second kappa shape index (κ2) is 9.60. The van der Waals surface area contributed by atoms with Crippen LogP contribution in [0.15, 0.2) is 28.8 Å². The summed E-state index contributed by atoms with van der Waals surface area (Å²) in [4.78, 5) is 11.8. The zero-order chi connectivity index (χ0) is 19.2. The van der Waals surface area contributed by atoms with Gasteiger partial charge in [0.25, 0.3) is 0 Å². The molecule has 1 aromatic heterocycles. The van der Waals surface area contributed by atoms with Gasteiger partial charge in [-0.3, -0.25) is 4.90 Å². The Bertz CT molecular complexity index is 719. The van der Waals surface area contributed by atoms with E-state index in [0.717, 1.165) is 38.3 Å². The van der Waals surface area contributed by atoms with Crippen LogP contribution in [-0.2, 0) is 17.7 Å². The van der Waals surface area contributed by atoms with Crippen molar-refractivity contribution in [3.8, 4) is 11.4 Å². The fourth-order valence-corrected chi connectivity index (χ4v) is 3.79. The standard InChI is InChI=1S/C21H31N5O2/c1-24-9-11-25(12-10-24)8-2-3-18-4-6-19(7-5-18)21-22-20(28-23-21)17-26-13-15-27-16-14-26/h4-7H,2-3,8-17H2,1H3. The van der Waals surface area contributed by atoms with Crippen LogP contribution in [0.5, 0.6) is 0 Å². The first kappa shape index (κ1) is 19.5. The molecule has 0 aliphatic carbocycles. The number of nitrogens with zero attached hydrogens (tertiary/aromatic N) is 5. The van der Waals surface area contributed by atoms with Crippen molar-refractivity contribution in [3.05, 3.63) is 35.7 Å². The number of morpholine rings is 1. The van der Waals surface area contributed by atoms with Gasteiger partial charge < -0.3 is 19.1 Å². The molecule has 0 amide bonds. The summed E-state index contributed by atoms with van der Waals surface area (Å²) in [7, 11) is 2.20. The van der Waals surface area contributed by atoms with E-state index in [9.17, 15) is 0 Å². The minimum atomic E-state index is 0.673. The summed E-state index contributed by atoms with van der Waals surface area (Å²) in [6.45, 7) is 10.0. The fraction of sp³-hybridized carbons (Fsp3) is 0.619. The fourth-order valence-electron chi connectivity index (χ4n) is 3.79. The molecule has 0 spiro atoms. The normalized spacial score (nSPS) is 19.9. The van der Waals surface area contributed by atoms with Crippen molar-refractivity contribution in [1.29, 1.82) is 0 Å². The van der Waals surface area contributed by atoms with Crippen molar-refractivity contribution < 1.29 is 9.26 Å². The van der Waals surface area contributed by atoms with Crippen LogP contribution >= 0.6 is 0 Å². The summed E-state index contributed by atoms with van der Waals surface area (Å²) in [5.74, 6) is 1.35. The predicted octanol–water partition coefficient (Wildman–Crippen LogP) is 1.75. The third kappa shape index (κ3) is 5.38. The van der Waals surface area contributed by atoms with Crippen molar-refractivity contribution in [2.75, 3.05) is 66.1 Å². The number of aromatic nitrogens is 2. The van der Waals surface area contributed by atoms with Crippen LogP contribution in [0.3, 0.4) is 0 Å². The quantitative estimate of drug-likeness (QED) is 0.720. The molecule has 4 rings (SSSR count). The Morgan fingerprint density at radius 2 is 1.68 bits per heavy atom. The average molecular weight is 386 g/mol. The van der Waals surface area contributed by atoms with Gasteiger partial charge in [-0.25, -0.2) is 0 Å². The summed E-state index contributed by atoms with van der Waals surface area (Å²) >= 11 is 0. The van der Waals surface area contributed by atoms with Gasteiger partial charge in [-0.1, -0.05) is 29.4 Å². The highest BCUT2D eigenvalue weighted by atomic mass is 16.5. The molecule has 7 heteroatoms. The van der Waals surface area contributed by atoms with Crippen molar-refractivity contribution in [2.45, 2.75) is 19.4 Å². The number of aryl methyl sites for hydroxylation is 1. The highest BCUT2D eigenvalue weighted by Crippen LogP contribution is 2.18. The first-order valence-electron chi connectivity index (χ1n) is 10.4.